The molecule has 1 aliphatic heterocycles. The van der Waals surface area contributed by atoms with Crippen molar-refractivity contribution in [2.24, 2.45) is 11.3 Å². The third-order valence-corrected chi connectivity index (χ3v) is 6.22. The molecule has 166 valence electrons. The first-order chi connectivity index (χ1) is 14.8. The second kappa shape index (κ2) is 10.2. The highest BCUT2D eigenvalue weighted by Gasteiger charge is 2.37. The molecule has 1 aliphatic rings. The summed E-state index contributed by atoms with van der Waals surface area (Å²) in [4.78, 5) is 27.5. The third-order valence-electron chi connectivity index (χ3n) is 5.22. The predicted octanol–water partition coefficient (Wildman–Crippen LogP) is 5.36. The van der Waals surface area contributed by atoms with Crippen LogP contribution in [0.4, 0.5) is 11.4 Å². The number of anilines is 2. The zero-order valence-corrected chi connectivity index (χ0v) is 19.6. The minimum absolute atomic E-state index is 0.0498. The Kier molecular flexibility index (Phi) is 7.65. The van der Waals surface area contributed by atoms with Crippen molar-refractivity contribution in [3.8, 4) is 5.75 Å². The monoisotopic (exact) mass is 440 g/mol. The predicted molar refractivity (Wildman–Crippen MR) is 129 cm³/mol. The first kappa shape index (κ1) is 23.2. The Labute approximate surface area is 189 Å². The molecule has 1 N–H and O–H groups in total. The number of nitrogens with one attached hydrogen (secondary N) is 1. The van der Waals surface area contributed by atoms with Crippen molar-refractivity contribution >= 4 is 35.0 Å². The molecular weight excluding hydrogens is 408 g/mol. The Bertz CT molecular complexity index is 912. The molecule has 2 amide bonds. The Morgan fingerprint density at radius 1 is 1.19 bits per heavy atom. The number of fused-ring (bicyclic) bond motifs is 1. The average molecular weight is 441 g/mol. The van der Waals surface area contributed by atoms with E-state index in [0.29, 0.717) is 36.3 Å². The molecule has 0 saturated carbocycles. The molecule has 1 heterocycles. The van der Waals surface area contributed by atoms with E-state index in [9.17, 15) is 9.59 Å². The minimum atomic E-state index is -0.604. The second-order valence-electron chi connectivity index (χ2n) is 9.02. The molecule has 0 radical (unpaired) electrons. The van der Waals surface area contributed by atoms with Gasteiger partial charge in [-0.15, -0.1) is 11.8 Å². The van der Waals surface area contributed by atoms with Gasteiger partial charge in [0, 0.05) is 18.0 Å². The summed E-state index contributed by atoms with van der Waals surface area (Å²) in [7, 11) is 0. The van der Waals surface area contributed by atoms with Gasteiger partial charge in [-0.3, -0.25) is 9.59 Å². The van der Waals surface area contributed by atoms with E-state index in [1.807, 2.05) is 55.1 Å². The minimum Gasteiger partial charge on any atom is -0.490 e. The fourth-order valence-corrected chi connectivity index (χ4v) is 4.15. The summed E-state index contributed by atoms with van der Waals surface area (Å²) in [5, 5.41) is 2.97. The SMILES string of the molecule is CC(C)CCN1C(=O)C(C)(C)COc2ccc(NC(=O)CSCc3ccccc3)cc21. The first-order valence-electron chi connectivity index (χ1n) is 10.8. The molecule has 6 heteroatoms. The molecule has 0 spiro atoms. The third kappa shape index (κ3) is 6.26. The number of rotatable bonds is 8. The summed E-state index contributed by atoms with van der Waals surface area (Å²) in [6.45, 7) is 9.08. The highest BCUT2D eigenvalue weighted by Crippen LogP contribution is 2.38. The first-order valence-corrected chi connectivity index (χ1v) is 11.9. The van der Waals surface area contributed by atoms with Crippen molar-refractivity contribution in [1.82, 2.24) is 0 Å². The summed E-state index contributed by atoms with van der Waals surface area (Å²) in [5.41, 5.74) is 2.00. The highest BCUT2D eigenvalue weighted by molar-refractivity contribution is 7.99. The number of carbonyl (C=O) groups is 2. The maximum Gasteiger partial charge on any atom is 0.236 e. The average Bonchev–Trinajstić information content (AvgIpc) is 2.82. The Hall–Kier alpha value is -2.47. The zero-order chi connectivity index (χ0) is 22.4. The number of nitrogens with zero attached hydrogens (tertiary/aromatic N) is 1. The van der Waals surface area contributed by atoms with Gasteiger partial charge in [0.05, 0.1) is 16.9 Å². The van der Waals surface area contributed by atoms with Gasteiger partial charge in [0.1, 0.15) is 12.4 Å². The quantitative estimate of drug-likeness (QED) is 0.601. The lowest BCUT2D eigenvalue weighted by Gasteiger charge is -2.28. The fourth-order valence-electron chi connectivity index (χ4n) is 3.36. The fraction of sp³-hybridized carbons (Fsp3) is 0.440. The van der Waals surface area contributed by atoms with E-state index in [1.54, 1.807) is 11.8 Å². The molecule has 0 bridgehead atoms. The van der Waals surface area contributed by atoms with Crippen LogP contribution >= 0.6 is 11.8 Å². The van der Waals surface area contributed by atoms with Crippen LogP contribution in [0.5, 0.6) is 5.75 Å². The number of ether oxygens (including phenoxy) is 1. The Morgan fingerprint density at radius 2 is 1.94 bits per heavy atom. The molecule has 2 aromatic carbocycles. The molecule has 0 saturated heterocycles. The van der Waals surface area contributed by atoms with Crippen LogP contribution < -0.4 is 15.0 Å². The smallest absolute Gasteiger partial charge is 0.236 e. The van der Waals surface area contributed by atoms with Gasteiger partial charge in [-0.2, -0.15) is 0 Å². The Balaban J connectivity index is 1.70. The van der Waals surface area contributed by atoms with Crippen molar-refractivity contribution in [3.63, 3.8) is 0 Å². The van der Waals surface area contributed by atoms with Crippen molar-refractivity contribution in [2.75, 3.05) is 29.1 Å². The van der Waals surface area contributed by atoms with Crippen LogP contribution in [0.15, 0.2) is 48.5 Å². The number of thioether (sulfide) groups is 1. The summed E-state index contributed by atoms with van der Waals surface area (Å²) in [5.74, 6) is 2.31. The molecule has 0 aliphatic carbocycles. The van der Waals surface area contributed by atoms with Crippen molar-refractivity contribution in [3.05, 3.63) is 54.1 Å². The Morgan fingerprint density at radius 3 is 2.65 bits per heavy atom. The van der Waals surface area contributed by atoms with Crippen molar-refractivity contribution < 1.29 is 14.3 Å². The van der Waals surface area contributed by atoms with Crippen LogP contribution in [-0.2, 0) is 15.3 Å². The maximum absolute atomic E-state index is 13.2. The van der Waals surface area contributed by atoms with Gasteiger partial charge >= 0.3 is 0 Å². The van der Waals surface area contributed by atoms with Crippen LogP contribution in [-0.4, -0.2) is 30.7 Å². The van der Waals surface area contributed by atoms with E-state index in [-0.39, 0.29) is 11.8 Å². The van der Waals surface area contributed by atoms with Gasteiger partial charge in [-0.25, -0.2) is 0 Å². The molecule has 3 rings (SSSR count). The largest absolute Gasteiger partial charge is 0.490 e. The van der Waals surface area contributed by atoms with E-state index < -0.39 is 5.41 Å². The molecule has 31 heavy (non-hydrogen) atoms. The lowest BCUT2D eigenvalue weighted by Crippen LogP contribution is -2.42. The summed E-state index contributed by atoms with van der Waals surface area (Å²) >= 11 is 1.58. The highest BCUT2D eigenvalue weighted by atomic mass is 32.2. The number of amides is 2. The van der Waals surface area contributed by atoms with Crippen LogP contribution in [0, 0.1) is 11.3 Å². The normalized spacial score (nSPS) is 15.3. The molecule has 0 atom stereocenters. The molecule has 0 fully saturated rings. The molecular formula is C25H32N2O3S. The van der Waals surface area contributed by atoms with Gasteiger partial charge in [-0.05, 0) is 49.9 Å². The molecule has 0 unspecified atom stereocenters. The lowest BCUT2D eigenvalue weighted by molar-refractivity contribution is -0.127. The van der Waals surface area contributed by atoms with E-state index in [0.717, 1.165) is 17.9 Å². The van der Waals surface area contributed by atoms with Crippen LogP contribution in [0.2, 0.25) is 0 Å². The molecule has 2 aromatic rings. The number of hydrogen-bond acceptors (Lipinski definition) is 4. The van der Waals surface area contributed by atoms with Crippen molar-refractivity contribution in [1.29, 1.82) is 0 Å². The van der Waals surface area contributed by atoms with Gasteiger partial charge in [0.25, 0.3) is 0 Å². The summed E-state index contributed by atoms with van der Waals surface area (Å²) in [6.07, 6.45) is 0.897. The van der Waals surface area contributed by atoms with Gasteiger partial charge in [-0.1, -0.05) is 44.2 Å². The number of carbonyl (C=O) groups excluding carboxylic acids is 2. The lowest BCUT2D eigenvalue weighted by atomic mass is 9.92. The topological polar surface area (TPSA) is 58.6 Å². The number of hydrogen-bond donors (Lipinski definition) is 1. The van der Waals surface area contributed by atoms with E-state index in [4.69, 9.17) is 4.74 Å². The van der Waals surface area contributed by atoms with Crippen molar-refractivity contribution in [2.45, 2.75) is 39.9 Å². The molecule has 0 aromatic heterocycles. The number of benzene rings is 2. The second-order valence-corrected chi connectivity index (χ2v) is 10.0. The molecule has 5 nitrogen and oxygen atoms in total. The van der Waals surface area contributed by atoms with Gasteiger partial charge in [0.2, 0.25) is 11.8 Å². The van der Waals surface area contributed by atoms with E-state index in [1.165, 1.54) is 5.56 Å². The van der Waals surface area contributed by atoms with E-state index >= 15 is 0 Å². The standard InChI is InChI=1S/C25H32N2O3S/c1-18(2)12-13-27-21-14-20(10-11-22(21)30-17-25(3,4)24(27)29)26-23(28)16-31-15-19-8-6-5-7-9-19/h5-11,14,18H,12-13,15-17H2,1-4H3,(H,26,28). The van der Waals surface area contributed by atoms with Gasteiger partial charge in [0.15, 0.2) is 0 Å². The van der Waals surface area contributed by atoms with E-state index in [2.05, 4.69) is 31.3 Å². The summed E-state index contributed by atoms with van der Waals surface area (Å²) < 4.78 is 5.97. The zero-order valence-electron chi connectivity index (χ0n) is 18.8. The van der Waals surface area contributed by atoms with Crippen LogP contribution in [0.25, 0.3) is 0 Å². The summed E-state index contributed by atoms with van der Waals surface area (Å²) in [6, 6.07) is 15.6. The van der Waals surface area contributed by atoms with Crippen LogP contribution in [0.1, 0.15) is 39.7 Å². The van der Waals surface area contributed by atoms with Gasteiger partial charge < -0.3 is 15.0 Å². The van der Waals surface area contributed by atoms with Crippen LogP contribution in [0.3, 0.4) is 0 Å². The maximum atomic E-state index is 13.2.